The smallest absolute Gasteiger partial charge is 0.338 e. The van der Waals surface area contributed by atoms with Crippen LogP contribution in [0.4, 0.5) is 4.39 Å². The fourth-order valence-corrected chi connectivity index (χ4v) is 1.96. The van der Waals surface area contributed by atoms with E-state index in [1.54, 1.807) is 6.07 Å². The lowest BCUT2D eigenvalue weighted by atomic mass is 10.1. The van der Waals surface area contributed by atoms with E-state index in [0.717, 1.165) is 31.7 Å². The second kappa shape index (κ2) is 5.25. The number of hydrogen-bond donors (Lipinski definition) is 2. The molecule has 5 heteroatoms. The minimum Gasteiger partial charge on any atom is -0.478 e. The molecular formula is C12H15FN2O2. The van der Waals surface area contributed by atoms with Crippen LogP contribution in [0.1, 0.15) is 15.9 Å². The van der Waals surface area contributed by atoms with Crippen molar-refractivity contribution in [2.45, 2.75) is 6.54 Å². The van der Waals surface area contributed by atoms with E-state index in [9.17, 15) is 9.18 Å². The van der Waals surface area contributed by atoms with Crippen LogP contribution in [0.25, 0.3) is 0 Å². The topological polar surface area (TPSA) is 52.6 Å². The third-order valence-corrected chi connectivity index (χ3v) is 2.88. The van der Waals surface area contributed by atoms with Gasteiger partial charge in [-0.05, 0) is 17.7 Å². The zero-order chi connectivity index (χ0) is 12.3. The molecule has 4 nitrogen and oxygen atoms in total. The lowest BCUT2D eigenvalue weighted by molar-refractivity contribution is 0.0692. The van der Waals surface area contributed by atoms with Gasteiger partial charge in [-0.1, -0.05) is 6.07 Å². The third kappa shape index (κ3) is 3.01. The van der Waals surface area contributed by atoms with Crippen LogP contribution in [0.2, 0.25) is 0 Å². The van der Waals surface area contributed by atoms with Crippen molar-refractivity contribution in [3.8, 4) is 0 Å². The summed E-state index contributed by atoms with van der Waals surface area (Å²) in [6.07, 6.45) is 0. The Morgan fingerprint density at radius 1 is 1.41 bits per heavy atom. The van der Waals surface area contributed by atoms with Gasteiger partial charge in [-0.15, -0.1) is 0 Å². The van der Waals surface area contributed by atoms with Gasteiger partial charge in [0.05, 0.1) is 5.56 Å². The summed E-state index contributed by atoms with van der Waals surface area (Å²) in [4.78, 5) is 12.9. The second-order valence-electron chi connectivity index (χ2n) is 4.15. The lowest BCUT2D eigenvalue weighted by Gasteiger charge is -2.27. The first-order valence-corrected chi connectivity index (χ1v) is 5.61. The predicted octanol–water partition coefficient (Wildman–Crippen LogP) is 0.929. The van der Waals surface area contributed by atoms with E-state index in [1.165, 1.54) is 12.1 Å². The summed E-state index contributed by atoms with van der Waals surface area (Å²) in [6, 6.07) is 4.31. The Bertz CT molecular complexity index is 417. The van der Waals surface area contributed by atoms with Gasteiger partial charge < -0.3 is 10.4 Å². The third-order valence-electron chi connectivity index (χ3n) is 2.88. The second-order valence-corrected chi connectivity index (χ2v) is 4.15. The molecular weight excluding hydrogens is 223 g/mol. The highest BCUT2D eigenvalue weighted by Gasteiger charge is 2.13. The Morgan fingerprint density at radius 2 is 2.12 bits per heavy atom. The molecule has 0 bridgehead atoms. The standard InChI is InChI=1S/C12H15FN2O2/c13-11-7-9(1-2-10(11)12(16)17)8-15-5-3-14-4-6-15/h1-2,7,14H,3-6,8H2,(H,16,17). The summed E-state index contributed by atoms with van der Waals surface area (Å²) in [6.45, 7) is 4.41. The highest BCUT2D eigenvalue weighted by Crippen LogP contribution is 2.12. The average molecular weight is 238 g/mol. The number of piperazine rings is 1. The number of nitrogens with zero attached hydrogens (tertiary/aromatic N) is 1. The molecule has 0 aromatic heterocycles. The van der Waals surface area contributed by atoms with E-state index in [2.05, 4.69) is 10.2 Å². The fraction of sp³-hybridized carbons (Fsp3) is 0.417. The van der Waals surface area contributed by atoms with Gasteiger partial charge in [-0.2, -0.15) is 0 Å². The average Bonchev–Trinajstić information content (AvgIpc) is 2.30. The largest absolute Gasteiger partial charge is 0.478 e. The molecule has 1 fully saturated rings. The monoisotopic (exact) mass is 238 g/mol. The first kappa shape index (κ1) is 12.0. The number of carboxylic acids is 1. The predicted molar refractivity (Wildman–Crippen MR) is 61.5 cm³/mol. The molecule has 0 aliphatic carbocycles. The summed E-state index contributed by atoms with van der Waals surface area (Å²) < 4.78 is 13.4. The van der Waals surface area contributed by atoms with E-state index >= 15 is 0 Å². The molecule has 2 rings (SSSR count). The Morgan fingerprint density at radius 3 is 2.71 bits per heavy atom. The maximum Gasteiger partial charge on any atom is 0.338 e. The molecule has 0 atom stereocenters. The van der Waals surface area contributed by atoms with Crippen LogP contribution in [-0.4, -0.2) is 42.2 Å². The van der Waals surface area contributed by atoms with Gasteiger partial charge in [-0.25, -0.2) is 9.18 Å². The van der Waals surface area contributed by atoms with Crippen molar-refractivity contribution in [3.05, 3.63) is 35.1 Å². The van der Waals surface area contributed by atoms with Crippen molar-refractivity contribution in [1.29, 1.82) is 0 Å². The molecule has 2 N–H and O–H groups in total. The summed E-state index contributed by atoms with van der Waals surface area (Å²) in [5.41, 5.74) is 0.545. The molecule has 1 aliphatic rings. The zero-order valence-corrected chi connectivity index (χ0v) is 9.45. The van der Waals surface area contributed by atoms with Crippen molar-refractivity contribution >= 4 is 5.97 Å². The number of carbonyl (C=O) groups is 1. The maximum atomic E-state index is 13.4. The summed E-state index contributed by atoms with van der Waals surface area (Å²) in [5.74, 6) is -1.89. The Labute approximate surface area is 99.0 Å². The quantitative estimate of drug-likeness (QED) is 0.822. The van der Waals surface area contributed by atoms with E-state index in [0.29, 0.717) is 6.54 Å². The van der Waals surface area contributed by atoms with Gasteiger partial charge in [0.1, 0.15) is 5.82 Å². The van der Waals surface area contributed by atoms with E-state index in [1.807, 2.05) is 0 Å². The Kier molecular flexibility index (Phi) is 3.71. The normalized spacial score (nSPS) is 17.0. The summed E-state index contributed by atoms with van der Waals surface area (Å²) in [7, 11) is 0. The number of rotatable bonds is 3. The van der Waals surface area contributed by atoms with Crippen molar-refractivity contribution in [3.63, 3.8) is 0 Å². The van der Waals surface area contributed by atoms with Crippen molar-refractivity contribution in [1.82, 2.24) is 10.2 Å². The minimum atomic E-state index is -1.23. The van der Waals surface area contributed by atoms with Crippen molar-refractivity contribution < 1.29 is 14.3 Å². The van der Waals surface area contributed by atoms with Crippen LogP contribution in [-0.2, 0) is 6.54 Å². The SMILES string of the molecule is O=C(O)c1ccc(CN2CCNCC2)cc1F. The molecule has 0 saturated carbocycles. The minimum absolute atomic E-state index is 0.269. The van der Waals surface area contributed by atoms with Gasteiger partial charge in [-0.3, -0.25) is 4.90 Å². The first-order valence-electron chi connectivity index (χ1n) is 5.61. The van der Waals surface area contributed by atoms with Crippen LogP contribution in [0, 0.1) is 5.82 Å². The highest BCUT2D eigenvalue weighted by atomic mass is 19.1. The number of hydrogen-bond acceptors (Lipinski definition) is 3. The van der Waals surface area contributed by atoms with Gasteiger partial charge >= 0.3 is 5.97 Å². The van der Waals surface area contributed by atoms with Gasteiger partial charge in [0.2, 0.25) is 0 Å². The summed E-state index contributed by atoms with van der Waals surface area (Å²) >= 11 is 0. The van der Waals surface area contributed by atoms with Crippen LogP contribution in [0.15, 0.2) is 18.2 Å². The van der Waals surface area contributed by atoms with Gasteiger partial charge in [0.25, 0.3) is 0 Å². The fourth-order valence-electron chi connectivity index (χ4n) is 1.96. The molecule has 1 aliphatic heterocycles. The van der Waals surface area contributed by atoms with E-state index < -0.39 is 11.8 Å². The number of aromatic carboxylic acids is 1. The Balaban J connectivity index is 2.06. The van der Waals surface area contributed by atoms with Crippen LogP contribution in [0.5, 0.6) is 0 Å². The summed E-state index contributed by atoms with van der Waals surface area (Å²) in [5, 5.41) is 12.0. The van der Waals surface area contributed by atoms with Crippen molar-refractivity contribution in [2.75, 3.05) is 26.2 Å². The maximum absolute atomic E-state index is 13.4. The van der Waals surface area contributed by atoms with Crippen LogP contribution < -0.4 is 5.32 Å². The molecule has 1 aromatic carbocycles. The highest BCUT2D eigenvalue weighted by molar-refractivity contribution is 5.87. The van der Waals surface area contributed by atoms with Gasteiger partial charge in [0.15, 0.2) is 0 Å². The molecule has 0 amide bonds. The van der Waals surface area contributed by atoms with Gasteiger partial charge in [0, 0.05) is 32.7 Å². The lowest BCUT2D eigenvalue weighted by Crippen LogP contribution is -2.42. The van der Waals surface area contributed by atoms with Crippen LogP contribution in [0.3, 0.4) is 0 Å². The van der Waals surface area contributed by atoms with Crippen LogP contribution >= 0.6 is 0 Å². The number of halogens is 1. The molecule has 0 spiro atoms. The molecule has 1 aromatic rings. The number of nitrogens with one attached hydrogen (secondary N) is 1. The van der Waals surface area contributed by atoms with E-state index in [4.69, 9.17) is 5.11 Å². The molecule has 17 heavy (non-hydrogen) atoms. The Hall–Kier alpha value is -1.46. The molecule has 1 heterocycles. The first-order chi connectivity index (χ1) is 8.16. The number of carboxylic acid groups (broad SMARTS) is 1. The van der Waals surface area contributed by atoms with E-state index in [-0.39, 0.29) is 5.56 Å². The molecule has 0 unspecified atom stereocenters. The number of benzene rings is 1. The van der Waals surface area contributed by atoms with Crippen molar-refractivity contribution in [2.24, 2.45) is 0 Å². The molecule has 0 radical (unpaired) electrons. The zero-order valence-electron chi connectivity index (χ0n) is 9.45. The molecule has 92 valence electrons. The molecule has 1 saturated heterocycles.